The van der Waals surface area contributed by atoms with Crippen LogP contribution in [0, 0.1) is 0 Å². The molecule has 0 spiro atoms. The molecule has 0 saturated carbocycles. The summed E-state index contributed by atoms with van der Waals surface area (Å²) in [4.78, 5) is 0. The van der Waals surface area contributed by atoms with Gasteiger partial charge in [-0.3, -0.25) is 0 Å². The van der Waals surface area contributed by atoms with Gasteiger partial charge >= 0.3 is 0 Å². The smallest absolute Gasteiger partial charge is 0.0547 e. The molecule has 0 aliphatic carbocycles. The minimum absolute atomic E-state index is 0.145. The Morgan fingerprint density at radius 2 is 1.00 bits per heavy atom. The molecular formula is C30H25N. The van der Waals surface area contributed by atoms with E-state index in [1.54, 1.807) is 0 Å². The molecule has 6 rings (SSSR count). The van der Waals surface area contributed by atoms with Gasteiger partial charge in [0.15, 0.2) is 0 Å². The minimum atomic E-state index is 0.145. The molecule has 150 valence electrons. The summed E-state index contributed by atoms with van der Waals surface area (Å²) >= 11 is 0. The molecule has 0 unspecified atom stereocenters. The molecular weight excluding hydrogens is 374 g/mol. The number of nitrogens with zero attached hydrogens (tertiary/aromatic N) is 1. The van der Waals surface area contributed by atoms with E-state index in [0.29, 0.717) is 0 Å². The molecule has 0 aliphatic heterocycles. The van der Waals surface area contributed by atoms with Crippen LogP contribution in [0.15, 0.2) is 97.1 Å². The molecule has 1 heteroatoms. The van der Waals surface area contributed by atoms with E-state index in [0.717, 1.165) is 0 Å². The second-order valence-electron chi connectivity index (χ2n) is 9.49. The lowest BCUT2D eigenvalue weighted by atomic mass is 9.87. The zero-order chi connectivity index (χ0) is 21.2. The fourth-order valence-corrected chi connectivity index (χ4v) is 4.94. The van der Waals surface area contributed by atoms with Crippen LogP contribution in [0.4, 0.5) is 0 Å². The highest BCUT2D eigenvalue weighted by Gasteiger charge is 2.18. The lowest BCUT2D eigenvalue weighted by molar-refractivity contribution is 0.590. The molecule has 0 atom stereocenters. The zero-order valence-electron chi connectivity index (χ0n) is 18.2. The SMILES string of the molecule is CC(C)(C)c1ccc(-n2c3ccc4ccccc4c3c3c4ccccc4ccc32)cc1. The maximum Gasteiger partial charge on any atom is 0.0547 e. The van der Waals surface area contributed by atoms with Crippen molar-refractivity contribution in [1.82, 2.24) is 4.57 Å². The van der Waals surface area contributed by atoms with Gasteiger partial charge in [-0.15, -0.1) is 0 Å². The van der Waals surface area contributed by atoms with Crippen LogP contribution in [0.3, 0.4) is 0 Å². The molecule has 31 heavy (non-hydrogen) atoms. The second-order valence-corrected chi connectivity index (χ2v) is 9.49. The molecule has 1 aromatic heterocycles. The summed E-state index contributed by atoms with van der Waals surface area (Å²) in [5.74, 6) is 0. The van der Waals surface area contributed by atoms with Gasteiger partial charge in [-0.05, 0) is 56.8 Å². The number of benzene rings is 5. The normalized spacial score (nSPS) is 12.4. The van der Waals surface area contributed by atoms with Gasteiger partial charge in [0.25, 0.3) is 0 Å². The molecule has 0 radical (unpaired) electrons. The Labute approximate surface area is 182 Å². The molecule has 1 nitrogen and oxygen atoms in total. The number of rotatable bonds is 1. The van der Waals surface area contributed by atoms with E-state index >= 15 is 0 Å². The molecule has 6 aromatic rings. The Kier molecular flexibility index (Phi) is 3.79. The van der Waals surface area contributed by atoms with Crippen LogP contribution in [0.5, 0.6) is 0 Å². The fraction of sp³-hybridized carbons (Fsp3) is 0.133. The molecule has 0 fully saturated rings. The quantitative estimate of drug-likeness (QED) is 0.262. The van der Waals surface area contributed by atoms with Crippen LogP contribution in [0.1, 0.15) is 26.3 Å². The highest BCUT2D eigenvalue weighted by molar-refractivity contribution is 6.28. The van der Waals surface area contributed by atoms with Crippen LogP contribution in [-0.4, -0.2) is 4.57 Å². The van der Waals surface area contributed by atoms with Gasteiger partial charge in [0.2, 0.25) is 0 Å². The van der Waals surface area contributed by atoms with Crippen LogP contribution in [0.25, 0.3) is 49.0 Å². The van der Waals surface area contributed by atoms with Crippen molar-refractivity contribution in [2.45, 2.75) is 26.2 Å². The van der Waals surface area contributed by atoms with Gasteiger partial charge in [0.1, 0.15) is 0 Å². The van der Waals surface area contributed by atoms with Gasteiger partial charge in [-0.25, -0.2) is 0 Å². The lowest BCUT2D eigenvalue weighted by Crippen LogP contribution is -2.10. The first kappa shape index (κ1) is 18.2. The van der Waals surface area contributed by atoms with Crippen molar-refractivity contribution in [3.05, 3.63) is 103 Å². The largest absolute Gasteiger partial charge is 0.309 e. The Balaban J connectivity index is 1.80. The summed E-state index contributed by atoms with van der Waals surface area (Å²) in [5, 5.41) is 7.86. The fourth-order valence-electron chi connectivity index (χ4n) is 4.94. The lowest BCUT2D eigenvalue weighted by Gasteiger charge is -2.19. The van der Waals surface area contributed by atoms with Crippen molar-refractivity contribution in [3.63, 3.8) is 0 Å². The van der Waals surface area contributed by atoms with Gasteiger partial charge in [-0.2, -0.15) is 0 Å². The minimum Gasteiger partial charge on any atom is -0.309 e. The van der Waals surface area contributed by atoms with E-state index in [1.807, 2.05) is 0 Å². The summed E-state index contributed by atoms with van der Waals surface area (Å²) in [7, 11) is 0. The Morgan fingerprint density at radius 1 is 0.516 bits per heavy atom. The van der Waals surface area contributed by atoms with Crippen LogP contribution in [-0.2, 0) is 5.41 Å². The second kappa shape index (κ2) is 6.46. The van der Waals surface area contributed by atoms with Crippen molar-refractivity contribution >= 4 is 43.4 Å². The average molecular weight is 400 g/mol. The molecule has 0 bridgehead atoms. The molecule has 0 amide bonds. The topological polar surface area (TPSA) is 4.93 Å². The third-order valence-electron chi connectivity index (χ3n) is 6.54. The number of hydrogen-bond acceptors (Lipinski definition) is 0. The molecule has 0 saturated heterocycles. The molecule has 0 aliphatic rings. The standard InChI is InChI=1S/C30H25N/c1-30(2,3)22-14-16-23(17-15-22)31-26-18-12-20-8-4-6-10-24(20)28(26)29-25-11-7-5-9-21(25)13-19-27(29)31/h4-19H,1-3H3. The summed E-state index contributed by atoms with van der Waals surface area (Å²) in [5.41, 5.74) is 5.22. The van der Waals surface area contributed by atoms with E-state index < -0.39 is 0 Å². The number of fused-ring (bicyclic) bond motifs is 7. The van der Waals surface area contributed by atoms with Crippen LogP contribution < -0.4 is 0 Å². The van der Waals surface area contributed by atoms with Gasteiger partial charge in [-0.1, -0.05) is 93.6 Å². The summed E-state index contributed by atoms with van der Waals surface area (Å²) in [6.45, 7) is 6.79. The predicted molar refractivity (Wildman–Crippen MR) is 134 cm³/mol. The van der Waals surface area contributed by atoms with Crippen molar-refractivity contribution < 1.29 is 0 Å². The van der Waals surface area contributed by atoms with Gasteiger partial charge in [0, 0.05) is 16.5 Å². The Hall–Kier alpha value is -3.58. The Morgan fingerprint density at radius 3 is 1.48 bits per heavy atom. The zero-order valence-corrected chi connectivity index (χ0v) is 18.2. The van der Waals surface area contributed by atoms with Crippen LogP contribution >= 0.6 is 0 Å². The maximum absolute atomic E-state index is 2.43. The third-order valence-corrected chi connectivity index (χ3v) is 6.54. The molecule has 5 aromatic carbocycles. The van der Waals surface area contributed by atoms with Gasteiger partial charge in [0.05, 0.1) is 11.0 Å². The predicted octanol–water partition coefficient (Wildman–Crippen LogP) is 8.39. The first-order valence-corrected chi connectivity index (χ1v) is 11.0. The monoisotopic (exact) mass is 399 g/mol. The van der Waals surface area contributed by atoms with Crippen molar-refractivity contribution in [1.29, 1.82) is 0 Å². The summed E-state index contributed by atoms with van der Waals surface area (Å²) < 4.78 is 2.43. The highest BCUT2D eigenvalue weighted by atomic mass is 15.0. The molecule has 1 heterocycles. The van der Waals surface area contributed by atoms with E-state index in [2.05, 4.69) is 122 Å². The van der Waals surface area contributed by atoms with E-state index in [9.17, 15) is 0 Å². The third kappa shape index (κ3) is 2.70. The van der Waals surface area contributed by atoms with Crippen molar-refractivity contribution in [3.8, 4) is 5.69 Å². The average Bonchev–Trinajstić information content (AvgIpc) is 3.14. The summed E-state index contributed by atoms with van der Waals surface area (Å²) in [6, 6.07) is 35.6. The molecule has 0 N–H and O–H groups in total. The number of hydrogen-bond donors (Lipinski definition) is 0. The first-order valence-electron chi connectivity index (χ1n) is 11.0. The van der Waals surface area contributed by atoms with Crippen molar-refractivity contribution in [2.75, 3.05) is 0 Å². The first-order chi connectivity index (χ1) is 15.0. The summed E-state index contributed by atoms with van der Waals surface area (Å²) in [6.07, 6.45) is 0. The Bertz CT molecular complexity index is 1500. The van der Waals surface area contributed by atoms with E-state index in [-0.39, 0.29) is 5.41 Å². The number of aromatic nitrogens is 1. The van der Waals surface area contributed by atoms with Crippen molar-refractivity contribution in [2.24, 2.45) is 0 Å². The van der Waals surface area contributed by atoms with E-state index in [1.165, 1.54) is 54.6 Å². The maximum atomic E-state index is 2.43. The van der Waals surface area contributed by atoms with Crippen LogP contribution in [0.2, 0.25) is 0 Å². The van der Waals surface area contributed by atoms with E-state index in [4.69, 9.17) is 0 Å². The van der Waals surface area contributed by atoms with Gasteiger partial charge < -0.3 is 4.57 Å². The highest BCUT2D eigenvalue weighted by Crippen LogP contribution is 2.40.